The number of aromatic nitrogens is 1. The van der Waals surface area contributed by atoms with E-state index in [4.69, 9.17) is 14.4 Å². The van der Waals surface area contributed by atoms with Gasteiger partial charge >= 0.3 is 0 Å². The Bertz CT molecular complexity index is 3390. The molecular weight excluding hydrogens is 717 g/mol. The van der Waals surface area contributed by atoms with Crippen LogP contribution in [-0.4, -0.2) is 16.2 Å². The molecule has 270 valence electrons. The fraction of sp³-hybridized carbons (Fsp3) is 0.0588. The minimum atomic E-state index is -0.225. The third-order valence-electron chi connectivity index (χ3n) is 11.6. The molecule has 4 heterocycles. The second-order valence-corrected chi connectivity index (χ2v) is 15.9. The van der Waals surface area contributed by atoms with Gasteiger partial charge in [-0.2, -0.15) is 0 Å². The largest absolute Gasteiger partial charge is 0.455 e. The van der Waals surface area contributed by atoms with Crippen LogP contribution in [0.15, 0.2) is 178 Å². The van der Waals surface area contributed by atoms with Gasteiger partial charge in [-0.15, -0.1) is 11.3 Å². The fourth-order valence-electron chi connectivity index (χ4n) is 8.96. The lowest BCUT2D eigenvalue weighted by molar-refractivity contribution is 0.670. The zero-order valence-corrected chi connectivity index (χ0v) is 31.6. The monoisotopic (exact) mass is 750 g/mol. The Kier molecular flexibility index (Phi) is 7.22. The van der Waals surface area contributed by atoms with Crippen LogP contribution in [-0.2, 0) is 0 Å². The van der Waals surface area contributed by atoms with Crippen LogP contribution in [0.2, 0.25) is 0 Å². The van der Waals surface area contributed by atoms with E-state index < -0.39 is 0 Å². The predicted octanol–water partition coefficient (Wildman–Crippen LogP) is 11.4. The van der Waals surface area contributed by atoms with Crippen LogP contribution in [0.5, 0.6) is 0 Å². The summed E-state index contributed by atoms with van der Waals surface area (Å²) in [7, 11) is 0. The second kappa shape index (κ2) is 12.8. The molecule has 12 rings (SSSR count). The lowest BCUT2D eigenvalue weighted by atomic mass is 9.99. The highest BCUT2D eigenvalue weighted by atomic mass is 32.1. The first-order valence-corrected chi connectivity index (χ1v) is 20.3. The van der Waals surface area contributed by atoms with Crippen LogP contribution >= 0.6 is 11.3 Å². The van der Waals surface area contributed by atoms with Gasteiger partial charge in [0, 0.05) is 47.5 Å². The average Bonchev–Trinajstić information content (AvgIpc) is 3.96. The lowest BCUT2D eigenvalue weighted by Gasteiger charge is -2.25. The van der Waals surface area contributed by atoms with Crippen LogP contribution in [0, 0.1) is 0 Å². The third kappa shape index (κ3) is 5.07. The van der Waals surface area contributed by atoms with E-state index in [0.29, 0.717) is 0 Å². The molecule has 0 bridgehead atoms. The van der Waals surface area contributed by atoms with Crippen molar-refractivity contribution in [2.45, 2.75) is 19.0 Å². The number of benzene rings is 7. The molecule has 10 aromatic rings. The number of fused-ring (bicyclic) bond motifs is 9. The number of para-hydroxylation sites is 3. The predicted molar refractivity (Wildman–Crippen MR) is 238 cm³/mol. The normalized spacial score (nSPS) is 15.5. The Balaban J connectivity index is 1.01. The van der Waals surface area contributed by atoms with E-state index in [1.165, 1.54) is 47.2 Å². The smallest absolute Gasteiger partial charge is 0.159 e. The number of furan rings is 1. The highest BCUT2D eigenvalue weighted by Gasteiger charge is 2.25. The summed E-state index contributed by atoms with van der Waals surface area (Å²) in [6.45, 7) is 0. The van der Waals surface area contributed by atoms with Crippen LogP contribution in [0.4, 0.5) is 0 Å². The van der Waals surface area contributed by atoms with Gasteiger partial charge in [0.1, 0.15) is 23.2 Å². The summed E-state index contributed by atoms with van der Waals surface area (Å²) < 4.78 is 11.7. The number of thiophene rings is 1. The molecule has 1 unspecified atom stereocenters. The summed E-state index contributed by atoms with van der Waals surface area (Å²) in [5.41, 5.74) is 10.9. The highest BCUT2D eigenvalue weighted by molar-refractivity contribution is 7.17. The van der Waals surface area contributed by atoms with Crippen LogP contribution in [0.25, 0.3) is 82.3 Å². The number of nitrogens with one attached hydrogen (secondary N) is 1. The van der Waals surface area contributed by atoms with Crippen molar-refractivity contribution in [2.75, 3.05) is 0 Å². The number of rotatable bonds is 5. The summed E-state index contributed by atoms with van der Waals surface area (Å²) in [4.78, 5) is 10.3. The van der Waals surface area contributed by atoms with E-state index in [2.05, 4.69) is 155 Å². The molecule has 5 nitrogen and oxygen atoms in total. The van der Waals surface area contributed by atoms with Gasteiger partial charge in [-0.05, 0) is 59.5 Å². The summed E-state index contributed by atoms with van der Waals surface area (Å²) in [5, 5.41) is 11.0. The van der Waals surface area contributed by atoms with Gasteiger partial charge in [0.25, 0.3) is 0 Å². The van der Waals surface area contributed by atoms with Crippen LogP contribution < -0.4 is 15.1 Å². The molecule has 6 heteroatoms. The van der Waals surface area contributed by atoms with E-state index in [9.17, 15) is 0 Å². The number of hydrogen-bond donors (Lipinski definition) is 1. The number of aliphatic imine (C=N–C) groups is 2. The summed E-state index contributed by atoms with van der Waals surface area (Å²) >= 11 is 1.85. The first kappa shape index (κ1) is 32.2. The summed E-state index contributed by atoms with van der Waals surface area (Å²) in [6, 6.07) is 58.0. The molecule has 1 aliphatic carbocycles. The van der Waals surface area contributed by atoms with Gasteiger partial charge in [-0.25, -0.2) is 9.98 Å². The van der Waals surface area contributed by atoms with Gasteiger partial charge in [0.05, 0.1) is 22.1 Å². The van der Waals surface area contributed by atoms with E-state index in [0.717, 1.165) is 74.4 Å². The molecule has 0 fully saturated rings. The molecule has 0 saturated heterocycles. The van der Waals surface area contributed by atoms with Crippen LogP contribution in [0.3, 0.4) is 0 Å². The topological polar surface area (TPSA) is 54.8 Å². The SMILES string of the molecule is C1=c2c(sc3cc(-c4cccc5c4oc4cccc(-n6c7ccccc7c7ccccc76)c45)ccc23)=C(C2=NC(c3ccccc3)=NC(c3ccccc3)N2)CC1. The molecule has 1 aliphatic heterocycles. The van der Waals surface area contributed by atoms with Gasteiger partial charge in [-0.1, -0.05) is 140 Å². The van der Waals surface area contributed by atoms with Crippen molar-refractivity contribution in [2.24, 2.45) is 9.98 Å². The van der Waals surface area contributed by atoms with Crippen molar-refractivity contribution < 1.29 is 4.42 Å². The van der Waals surface area contributed by atoms with E-state index in [1.807, 2.05) is 35.6 Å². The third-order valence-corrected chi connectivity index (χ3v) is 12.8. The molecule has 0 saturated carbocycles. The Morgan fingerprint density at radius 3 is 2.18 bits per heavy atom. The standard InChI is InChI=1S/C51H34N4OS/c1-3-14-31(15-4-1)49-52-50(32-16-5-2-6-17-32)54-51(53-49)40-23-12-21-38-37-29-28-33(30-45(37)57-48(38)40)34-20-11-22-39-46-43(26-13-27-44(46)56-47(34)39)55-41-24-9-7-18-35(41)36-19-8-10-25-42(36)55/h1-11,13-22,24-30,49H,12,23H2,(H,52,53,54). The number of hydrogen-bond acceptors (Lipinski definition) is 5. The maximum absolute atomic E-state index is 6.83. The molecule has 7 aromatic carbocycles. The molecule has 1 atom stereocenters. The van der Waals surface area contributed by atoms with E-state index in [-0.39, 0.29) is 6.17 Å². The minimum absolute atomic E-state index is 0.225. The fourth-order valence-corrected chi connectivity index (χ4v) is 10.3. The zero-order valence-electron chi connectivity index (χ0n) is 30.8. The summed E-state index contributed by atoms with van der Waals surface area (Å²) in [5.74, 6) is 1.66. The van der Waals surface area contributed by atoms with Crippen molar-refractivity contribution in [3.05, 3.63) is 185 Å². The van der Waals surface area contributed by atoms with Gasteiger partial charge < -0.3 is 14.3 Å². The maximum atomic E-state index is 6.83. The minimum Gasteiger partial charge on any atom is -0.455 e. The molecule has 0 amide bonds. The Morgan fingerprint density at radius 2 is 1.37 bits per heavy atom. The molecule has 1 N–H and O–H groups in total. The van der Waals surface area contributed by atoms with Crippen LogP contribution in [0.1, 0.15) is 30.1 Å². The van der Waals surface area contributed by atoms with Crippen molar-refractivity contribution in [1.82, 2.24) is 9.88 Å². The molecule has 0 spiro atoms. The Morgan fingerprint density at radius 1 is 0.649 bits per heavy atom. The van der Waals surface area contributed by atoms with Gasteiger partial charge in [0.2, 0.25) is 0 Å². The first-order valence-electron chi connectivity index (χ1n) is 19.5. The maximum Gasteiger partial charge on any atom is 0.159 e. The second-order valence-electron chi connectivity index (χ2n) is 14.8. The highest BCUT2D eigenvalue weighted by Crippen LogP contribution is 2.41. The molecule has 57 heavy (non-hydrogen) atoms. The van der Waals surface area contributed by atoms with Crippen molar-refractivity contribution in [3.63, 3.8) is 0 Å². The Labute approximate surface area is 331 Å². The van der Waals surface area contributed by atoms with E-state index in [1.54, 1.807) is 0 Å². The first-order chi connectivity index (χ1) is 28.3. The molecular formula is C51H34N4OS. The van der Waals surface area contributed by atoms with E-state index >= 15 is 0 Å². The quantitative estimate of drug-likeness (QED) is 0.190. The van der Waals surface area contributed by atoms with Gasteiger partial charge in [-0.3, -0.25) is 0 Å². The molecule has 0 radical (unpaired) electrons. The van der Waals surface area contributed by atoms with Crippen molar-refractivity contribution in [1.29, 1.82) is 0 Å². The number of amidine groups is 2. The summed E-state index contributed by atoms with van der Waals surface area (Å²) in [6.07, 6.45) is 4.04. The molecule has 2 aliphatic rings. The zero-order chi connectivity index (χ0) is 37.5. The van der Waals surface area contributed by atoms with Crippen molar-refractivity contribution in [3.8, 4) is 16.8 Å². The number of nitrogens with zero attached hydrogens (tertiary/aromatic N) is 3. The van der Waals surface area contributed by atoms with Gasteiger partial charge in [0.15, 0.2) is 5.84 Å². The lowest BCUT2D eigenvalue weighted by Crippen LogP contribution is -2.38. The molecule has 3 aromatic heterocycles. The Hall–Kier alpha value is -7.02. The average molecular weight is 751 g/mol. The van der Waals surface area contributed by atoms with Crippen molar-refractivity contribution >= 4 is 88.5 Å².